The van der Waals surface area contributed by atoms with Crippen LogP contribution in [0, 0.1) is 13.8 Å². The zero-order valence-electron chi connectivity index (χ0n) is 13.6. The van der Waals surface area contributed by atoms with Crippen LogP contribution in [0.25, 0.3) is 0 Å². The van der Waals surface area contributed by atoms with E-state index in [4.69, 9.17) is 0 Å². The van der Waals surface area contributed by atoms with Gasteiger partial charge in [-0.15, -0.1) is 9.78 Å². The Labute approximate surface area is 147 Å². The molecule has 0 saturated carbocycles. The van der Waals surface area contributed by atoms with Crippen molar-refractivity contribution in [2.75, 3.05) is 5.32 Å². The van der Waals surface area contributed by atoms with Crippen molar-refractivity contribution in [1.29, 1.82) is 0 Å². The van der Waals surface area contributed by atoms with Crippen LogP contribution in [0.1, 0.15) is 31.8 Å². The Balaban J connectivity index is 1.81. The monoisotopic (exact) mass is 353 g/mol. The van der Waals surface area contributed by atoms with Crippen LogP contribution in [0.5, 0.6) is 0 Å². The summed E-state index contributed by atoms with van der Waals surface area (Å²) >= 11 is 0.710. The SMILES string of the molecule is Cc1ccc(C(=O)Nc2nn(C(=O)c3ccc(C)cc3)c(=O)s2)cc1. The molecular weight excluding hydrogens is 338 g/mol. The molecule has 126 valence electrons. The Morgan fingerprint density at radius 2 is 1.44 bits per heavy atom. The predicted molar refractivity (Wildman–Crippen MR) is 96.4 cm³/mol. The Hall–Kier alpha value is -3.06. The average molecular weight is 353 g/mol. The molecular formula is C18H15N3O3S. The van der Waals surface area contributed by atoms with Crippen molar-refractivity contribution >= 4 is 28.3 Å². The van der Waals surface area contributed by atoms with Gasteiger partial charge in [0.1, 0.15) is 0 Å². The molecule has 0 atom stereocenters. The van der Waals surface area contributed by atoms with Gasteiger partial charge in [0.25, 0.3) is 11.8 Å². The predicted octanol–water partition coefficient (Wildman–Crippen LogP) is 2.86. The first-order chi connectivity index (χ1) is 11.9. The summed E-state index contributed by atoms with van der Waals surface area (Å²) < 4.78 is 0.764. The summed E-state index contributed by atoms with van der Waals surface area (Å²) in [5.74, 6) is -0.916. The largest absolute Gasteiger partial charge is 0.334 e. The van der Waals surface area contributed by atoms with Crippen molar-refractivity contribution in [1.82, 2.24) is 9.78 Å². The fourth-order valence-electron chi connectivity index (χ4n) is 2.15. The standard InChI is InChI=1S/C18H15N3O3S/c1-11-3-7-13(8-4-11)15(22)19-17-20-21(18(24)25-17)16(23)14-9-5-12(2)6-10-14/h3-10H,1-2H3,(H,19,20,22). The van der Waals surface area contributed by atoms with E-state index < -0.39 is 10.8 Å². The third-order valence-electron chi connectivity index (χ3n) is 3.57. The van der Waals surface area contributed by atoms with Crippen molar-refractivity contribution in [3.05, 3.63) is 80.5 Å². The van der Waals surface area contributed by atoms with Crippen molar-refractivity contribution in [3.63, 3.8) is 0 Å². The van der Waals surface area contributed by atoms with Crippen molar-refractivity contribution in [2.45, 2.75) is 13.8 Å². The van der Waals surface area contributed by atoms with Crippen LogP contribution in [0.4, 0.5) is 5.13 Å². The van der Waals surface area contributed by atoms with Gasteiger partial charge >= 0.3 is 4.87 Å². The highest BCUT2D eigenvalue weighted by Gasteiger charge is 2.17. The molecule has 0 unspecified atom stereocenters. The topological polar surface area (TPSA) is 81.1 Å². The fourth-order valence-corrected chi connectivity index (χ4v) is 2.79. The number of amides is 1. The second-order valence-corrected chi connectivity index (χ2v) is 6.52. The van der Waals surface area contributed by atoms with Gasteiger partial charge in [0.2, 0.25) is 5.13 Å². The Bertz CT molecular complexity index is 986. The maximum Gasteiger partial charge on any atom is 0.334 e. The average Bonchev–Trinajstić information content (AvgIpc) is 2.95. The zero-order chi connectivity index (χ0) is 18.0. The minimum absolute atomic E-state index is 0.0797. The Morgan fingerprint density at radius 1 is 0.920 bits per heavy atom. The molecule has 0 aliphatic heterocycles. The number of nitrogens with zero attached hydrogens (tertiary/aromatic N) is 2. The first-order valence-electron chi connectivity index (χ1n) is 7.53. The first-order valence-corrected chi connectivity index (χ1v) is 8.35. The number of carbonyl (C=O) groups is 2. The summed E-state index contributed by atoms with van der Waals surface area (Å²) in [6, 6.07) is 13.8. The number of aromatic nitrogens is 2. The maximum atomic E-state index is 12.4. The van der Waals surface area contributed by atoms with E-state index in [9.17, 15) is 14.4 Å². The van der Waals surface area contributed by atoms with E-state index in [0.717, 1.165) is 15.8 Å². The van der Waals surface area contributed by atoms with E-state index in [2.05, 4.69) is 10.4 Å². The van der Waals surface area contributed by atoms with Gasteiger partial charge in [0.05, 0.1) is 0 Å². The third kappa shape index (κ3) is 3.72. The third-order valence-corrected chi connectivity index (χ3v) is 4.30. The first kappa shape index (κ1) is 16.8. The zero-order valence-corrected chi connectivity index (χ0v) is 14.5. The maximum absolute atomic E-state index is 12.4. The lowest BCUT2D eigenvalue weighted by Crippen LogP contribution is -2.24. The van der Waals surface area contributed by atoms with Crippen LogP contribution in [-0.4, -0.2) is 21.6 Å². The van der Waals surface area contributed by atoms with E-state index in [1.54, 1.807) is 36.4 Å². The highest BCUT2D eigenvalue weighted by molar-refractivity contribution is 7.13. The summed E-state index contributed by atoms with van der Waals surface area (Å²) in [7, 11) is 0. The molecule has 1 aromatic heterocycles. The molecule has 0 radical (unpaired) electrons. The lowest BCUT2D eigenvalue weighted by Gasteiger charge is -2.02. The van der Waals surface area contributed by atoms with E-state index >= 15 is 0 Å². The minimum Gasteiger partial charge on any atom is -0.296 e. The number of benzene rings is 2. The second kappa shape index (κ2) is 6.82. The van der Waals surface area contributed by atoms with E-state index in [1.165, 1.54) is 0 Å². The minimum atomic E-state index is -0.551. The van der Waals surface area contributed by atoms with E-state index in [-0.39, 0.29) is 11.0 Å². The van der Waals surface area contributed by atoms with Crippen molar-refractivity contribution < 1.29 is 9.59 Å². The quantitative estimate of drug-likeness (QED) is 0.785. The van der Waals surface area contributed by atoms with Crippen molar-refractivity contribution in [3.8, 4) is 0 Å². The molecule has 2 aromatic carbocycles. The number of anilines is 1. The van der Waals surface area contributed by atoms with Crippen LogP contribution >= 0.6 is 11.3 Å². The normalized spacial score (nSPS) is 10.5. The molecule has 1 amide bonds. The molecule has 1 heterocycles. The number of nitrogens with one attached hydrogen (secondary N) is 1. The van der Waals surface area contributed by atoms with Gasteiger partial charge < -0.3 is 0 Å². The van der Waals surface area contributed by atoms with Gasteiger partial charge in [-0.05, 0) is 49.4 Å². The number of hydrogen-bond acceptors (Lipinski definition) is 5. The van der Waals surface area contributed by atoms with Crippen molar-refractivity contribution in [2.24, 2.45) is 0 Å². The number of rotatable bonds is 3. The summed E-state index contributed by atoms with van der Waals surface area (Å²) in [4.78, 5) is 36.0. The molecule has 1 N–H and O–H groups in total. The molecule has 0 bridgehead atoms. The van der Waals surface area contributed by atoms with Crippen LogP contribution in [0.3, 0.4) is 0 Å². The van der Waals surface area contributed by atoms with E-state index in [0.29, 0.717) is 22.5 Å². The fraction of sp³-hybridized carbons (Fsp3) is 0.111. The molecule has 0 aliphatic rings. The van der Waals surface area contributed by atoms with Gasteiger partial charge in [0, 0.05) is 11.1 Å². The lowest BCUT2D eigenvalue weighted by molar-refractivity contribution is 0.0940. The second-order valence-electron chi connectivity index (χ2n) is 5.58. The molecule has 0 fully saturated rings. The summed E-state index contributed by atoms with van der Waals surface area (Å²) in [6.45, 7) is 3.83. The molecule has 3 rings (SSSR count). The van der Waals surface area contributed by atoms with Crippen LogP contribution < -0.4 is 10.2 Å². The van der Waals surface area contributed by atoms with Gasteiger partial charge in [0.15, 0.2) is 0 Å². The summed E-state index contributed by atoms with van der Waals surface area (Å²) in [5.41, 5.74) is 2.85. The smallest absolute Gasteiger partial charge is 0.296 e. The van der Waals surface area contributed by atoms with E-state index in [1.807, 2.05) is 26.0 Å². The van der Waals surface area contributed by atoms with Crippen LogP contribution in [-0.2, 0) is 0 Å². The summed E-state index contributed by atoms with van der Waals surface area (Å²) in [6.07, 6.45) is 0. The number of aryl methyl sites for hydroxylation is 2. The van der Waals surface area contributed by atoms with Crippen LogP contribution in [0.2, 0.25) is 0 Å². The van der Waals surface area contributed by atoms with Crippen LogP contribution in [0.15, 0.2) is 53.3 Å². The Kier molecular flexibility index (Phi) is 4.58. The Morgan fingerprint density at radius 3 is 2.00 bits per heavy atom. The summed E-state index contributed by atoms with van der Waals surface area (Å²) in [5, 5.41) is 6.56. The lowest BCUT2D eigenvalue weighted by atomic mass is 10.1. The molecule has 0 saturated heterocycles. The van der Waals surface area contributed by atoms with Gasteiger partial charge in [-0.2, -0.15) is 0 Å². The van der Waals surface area contributed by atoms with Gasteiger partial charge in [-0.3, -0.25) is 19.7 Å². The molecule has 25 heavy (non-hydrogen) atoms. The molecule has 7 heteroatoms. The highest BCUT2D eigenvalue weighted by atomic mass is 32.1. The van der Waals surface area contributed by atoms with Gasteiger partial charge in [-0.25, -0.2) is 0 Å². The highest BCUT2D eigenvalue weighted by Crippen LogP contribution is 2.12. The number of carbonyl (C=O) groups excluding carboxylic acids is 2. The van der Waals surface area contributed by atoms with Gasteiger partial charge in [-0.1, -0.05) is 35.4 Å². The number of hydrogen-bond donors (Lipinski definition) is 1. The molecule has 6 nitrogen and oxygen atoms in total. The molecule has 3 aromatic rings. The molecule has 0 aliphatic carbocycles. The molecule has 0 spiro atoms.